The van der Waals surface area contributed by atoms with Crippen molar-refractivity contribution >= 4 is 28.3 Å². The summed E-state index contributed by atoms with van der Waals surface area (Å²) in [6.45, 7) is 13.0. The van der Waals surface area contributed by atoms with Crippen molar-refractivity contribution in [3.05, 3.63) is 16.0 Å². The molecule has 0 unspecified atom stereocenters. The summed E-state index contributed by atoms with van der Waals surface area (Å²) in [7, 11) is 0. The van der Waals surface area contributed by atoms with Crippen molar-refractivity contribution in [3.8, 4) is 0 Å². The average molecular weight is 394 g/mol. The third-order valence-electron chi connectivity index (χ3n) is 5.22. The second kappa shape index (κ2) is 7.70. The molecular formula is C20H31N3O3S. The van der Waals surface area contributed by atoms with E-state index in [1.807, 2.05) is 25.7 Å². The van der Waals surface area contributed by atoms with E-state index in [0.29, 0.717) is 19.1 Å². The molecule has 0 aliphatic carbocycles. The number of likely N-dealkylation sites (tertiary alicyclic amines) is 1. The van der Waals surface area contributed by atoms with Gasteiger partial charge in [0.1, 0.15) is 5.60 Å². The van der Waals surface area contributed by atoms with Crippen molar-refractivity contribution in [2.45, 2.75) is 65.5 Å². The standard InChI is InChI=1S/C20H31N3O3S/c1-6-23(18-13(2)16-15(27-18)7-10-21-17(16)24)14-8-11-22(12-9-14)19(25)26-20(3,4)5/h14H,6-12H2,1-5H3,(H,21,24). The number of piperidine rings is 1. The van der Waals surface area contributed by atoms with Crippen LogP contribution in [-0.2, 0) is 11.2 Å². The number of rotatable bonds is 3. The smallest absolute Gasteiger partial charge is 0.410 e. The second-order valence-corrected chi connectivity index (χ2v) is 9.40. The highest BCUT2D eigenvalue weighted by molar-refractivity contribution is 7.16. The Kier molecular flexibility index (Phi) is 5.70. The molecule has 0 atom stereocenters. The molecule has 7 heteroatoms. The lowest BCUT2D eigenvalue weighted by atomic mass is 10.0. The molecule has 2 aliphatic heterocycles. The summed E-state index contributed by atoms with van der Waals surface area (Å²) in [5, 5.41) is 4.17. The number of amides is 2. The summed E-state index contributed by atoms with van der Waals surface area (Å²) in [4.78, 5) is 30.0. The summed E-state index contributed by atoms with van der Waals surface area (Å²) in [6.07, 6.45) is 2.53. The van der Waals surface area contributed by atoms with Gasteiger partial charge in [-0.2, -0.15) is 0 Å². The number of carbonyl (C=O) groups is 2. The zero-order valence-corrected chi connectivity index (χ0v) is 17.9. The van der Waals surface area contributed by atoms with Gasteiger partial charge in [-0.25, -0.2) is 4.79 Å². The number of thiophene rings is 1. The lowest BCUT2D eigenvalue weighted by molar-refractivity contribution is 0.0205. The molecule has 6 nitrogen and oxygen atoms in total. The minimum Gasteiger partial charge on any atom is -0.444 e. The van der Waals surface area contributed by atoms with Gasteiger partial charge in [-0.15, -0.1) is 11.3 Å². The van der Waals surface area contributed by atoms with Crippen molar-refractivity contribution in [3.63, 3.8) is 0 Å². The van der Waals surface area contributed by atoms with Crippen LogP contribution in [0.2, 0.25) is 0 Å². The van der Waals surface area contributed by atoms with Gasteiger partial charge in [-0.05, 0) is 53.0 Å². The summed E-state index contributed by atoms with van der Waals surface area (Å²) in [6, 6.07) is 0.385. The molecule has 150 valence electrons. The number of anilines is 1. The van der Waals surface area contributed by atoms with Gasteiger partial charge in [0.05, 0.1) is 10.6 Å². The molecule has 2 aliphatic rings. The Morgan fingerprint density at radius 2 is 2.00 bits per heavy atom. The molecule has 0 radical (unpaired) electrons. The van der Waals surface area contributed by atoms with Crippen molar-refractivity contribution in [1.82, 2.24) is 10.2 Å². The number of hydrogen-bond acceptors (Lipinski definition) is 5. The maximum Gasteiger partial charge on any atom is 0.410 e. The number of nitrogens with one attached hydrogen (secondary N) is 1. The van der Waals surface area contributed by atoms with E-state index in [4.69, 9.17) is 4.74 Å². The monoisotopic (exact) mass is 393 g/mol. The van der Waals surface area contributed by atoms with Gasteiger partial charge in [0.15, 0.2) is 0 Å². The van der Waals surface area contributed by atoms with E-state index < -0.39 is 5.60 Å². The fourth-order valence-electron chi connectivity index (χ4n) is 3.94. The molecule has 0 aromatic carbocycles. The first kappa shape index (κ1) is 20.0. The lowest BCUT2D eigenvalue weighted by Crippen LogP contribution is -2.48. The molecule has 2 amide bonds. The summed E-state index contributed by atoms with van der Waals surface area (Å²) >= 11 is 1.77. The molecule has 3 rings (SSSR count). The molecule has 1 fully saturated rings. The number of ether oxygens (including phenoxy) is 1. The van der Waals surface area contributed by atoms with Crippen molar-refractivity contribution in [2.24, 2.45) is 0 Å². The Bertz CT molecular complexity index is 715. The Hall–Kier alpha value is -1.76. The summed E-state index contributed by atoms with van der Waals surface area (Å²) in [5.74, 6) is 0.0621. The van der Waals surface area contributed by atoms with Crippen molar-refractivity contribution in [2.75, 3.05) is 31.1 Å². The maximum atomic E-state index is 12.3. The van der Waals surface area contributed by atoms with E-state index in [1.54, 1.807) is 11.3 Å². The van der Waals surface area contributed by atoms with E-state index >= 15 is 0 Å². The minimum atomic E-state index is -0.461. The fraction of sp³-hybridized carbons (Fsp3) is 0.700. The zero-order valence-electron chi connectivity index (χ0n) is 17.1. The van der Waals surface area contributed by atoms with Crippen LogP contribution in [0.4, 0.5) is 9.80 Å². The topological polar surface area (TPSA) is 61.9 Å². The Morgan fingerprint density at radius 3 is 2.56 bits per heavy atom. The molecule has 0 spiro atoms. The number of fused-ring (bicyclic) bond motifs is 1. The summed E-state index contributed by atoms with van der Waals surface area (Å²) < 4.78 is 5.50. The van der Waals surface area contributed by atoms with E-state index in [9.17, 15) is 9.59 Å². The normalized spacial score (nSPS) is 18.1. The highest BCUT2D eigenvalue weighted by Crippen LogP contribution is 2.39. The van der Waals surface area contributed by atoms with Gasteiger partial charge in [0.25, 0.3) is 5.91 Å². The molecular weight excluding hydrogens is 362 g/mol. The predicted octanol–water partition coefficient (Wildman–Crippen LogP) is 3.57. The number of nitrogens with zero attached hydrogens (tertiary/aromatic N) is 2. The number of hydrogen-bond donors (Lipinski definition) is 1. The third-order valence-corrected chi connectivity index (χ3v) is 6.61. The van der Waals surface area contributed by atoms with E-state index in [2.05, 4.69) is 24.1 Å². The van der Waals surface area contributed by atoms with Crippen LogP contribution < -0.4 is 10.2 Å². The summed E-state index contributed by atoms with van der Waals surface area (Å²) in [5.41, 5.74) is 1.52. The van der Waals surface area contributed by atoms with Crippen molar-refractivity contribution in [1.29, 1.82) is 0 Å². The number of carbonyl (C=O) groups excluding carboxylic acids is 2. The molecule has 1 aromatic heterocycles. The zero-order chi connectivity index (χ0) is 19.8. The van der Waals surface area contributed by atoms with Gasteiger partial charge in [0, 0.05) is 43.5 Å². The van der Waals surface area contributed by atoms with Crippen molar-refractivity contribution < 1.29 is 14.3 Å². The lowest BCUT2D eigenvalue weighted by Gasteiger charge is -2.39. The third kappa shape index (κ3) is 4.23. The van der Waals surface area contributed by atoms with Gasteiger partial charge in [-0.3, -0.25) is 4.79 Å². The maximum absolute atomic E-state index is 12.3. The van der Waals surface area contributed by atoms with Crippen LogP contribution in [0, 0.1) is 6.92 Å². The Morgan fingerprint density at radius 1 is 1.33 bits per heavy atom. The first-order chi connectivity index (χ1) is 12.7. The second-order valence-electron chi connectivity index (χ2n) is 8.32. The molecule has 3 heterocycles. The van der Waals surface area contributed by atoms with Crippen LogP contribution in [0.3, 0.4) is 0 Å². The van der Waals surface area contributed by atoms with E-state index in [-0.39, 0.29) is 12.0 Å². The van der Waals surface area contributed by atoms with Crippen LogP contribution in [0.25, 0.3) is 0 Å². The van der Waals surface area contributed by atoms with E-state index in [1.165, 1.54) is 9.88 Å². The molecule has 0 saturated carbocycles. The quantitative estimate of drug-likeness (QED) is 0.853. The first-order valence-corrected chi connectivity index (χ1v) is 10.7. The molecule has 27 heavy (non-hydrogen) atoms. The van der Waals surface area contributed by atoms with Crippen LogP contribution in [0.1, 0.15) is 61.3 Å². The fourth-order valence-corrected chi connectivity index (χ4v) is 5.38. The molecule has 1 aromatic rings. The minimum absolute atomic E-state index is 0.0621. The van der Waals surface area contributed by atoms with Gasteiger partial charge in [-0.1, -0.05) is 0 Å². The van der Waals surface area contributed by atoms with Crippen LogP contribution >= 0.6 is 11.3 Å². The molecule has 1 N–H and O–H groups in total. The molecule has 1 saturated heterocycles. The van der Waals surface area contributed by atoms with Crippen LogP contribution in [0.15, 0.2) is 0 Å². The average Bonchev–Trinajstić information content (AvgIpc) is 2.93. The van der Waals surface area contributed by atoms with Gasteiger partial charge >= 0.3 is 6.09 Å². The first-order valence-electron chi connectivity index (χ1n) is 9.86. The largest absolute Gasteiger partial charge is 0.444 e. The Labute approximate surface area is 165 Å². The SMILES string of the molecule is CCN(c1sc2c(c1C)C(=O)NCC2)C1CCN(C(=O)OC(C)(C)C)CC1. The molecule has 0 bridgehead atoms. The van der Waals surface area contributed by atoms with E-state index in [0.717, 1.165) is 43.5 Å². The highest BCUT2D eigenvalue weighted by atomic mass is 32.1. The highest BCUT2D eigenvalue weighted by Gasteiger charge is 2.32. The van der Waals surface area contributed by atoms with Gasteiger partial charge < -0.3 is 19.9 Å². The predicted molar refractivity (Wildman–Crippen MR) is 109 cm³/mol. The van der Waals surface area contributed by atoms with Crippen LogP contribution in [0.5, 0.6) is 0 Å². The van der Waals surface area contributed by atoms with Gasteiger partial charge in [0.2, 0.25) is 0 Å². The van der Waals surface area contributed by atoms with Crippen LogP contribution in [-0.4, -0.2) is 54.7 Å². The Balaban J connectivity index is 1.70.